The number of nitrogens with one attached hydrogen (secondary N) is 1. The molecular weight excluding hydrogens is 312 g/mol. The molecule has 4 nitrogen and oxygen atoms in total. The SMILES string of the molecule is CCOc1ccc(C(=O)NCC(Cc2ccccc2)N(C)C)cc1C. The summed E-state index contributed by atoms with van der Waals surface area (Å²) in [7, 11) is 4.08. The molecule has 4 heteroatoms. The van der Waals surface area contributed by atoms with Crippen LogP contribution in [0, 0.1) is 6.92 Å². The Kier molecular flexibility index (Phi) is 7.02. The van der Waals surface area contributed by atoms with Crippen molar-refractivity contribution < 1.29 is 9.53 Å². The van der Waals surface area contributed by atoms with Crippen LogP contribution < -0.4 is 10.1 Å². The summed E-state index contributed by atoms with van der Waals surface area (Å²) in [5.41, 5.74) is 2.91. The highest BCUT2D eigenvalue weighted by Crippen LogP contribution is 2.19. The molecule has 1 amide bonds. The fourth-order valence-electron chi connectivity index (χ4n) is 2.74. The fraction of sp³-hybridized carbons (Fsp3) is 0.381. The van der Waals surface area contributed by atoms with Crippen molar-refractivity contribution in [1.29, 1.82) is 0 Å². The average molecular weight is 340 g/mol. The zero-order chi connectivity index (χ0) is 18.2. The Hall–Kier alpha value is -2.33. The Morgan fingerprint density at radius 3 is 2.48 bits per heavy atom. The maximum Gasteiger partial charge on any atom is 0.251 e. The second kappa shape index (κ2) is 9.23. The van der Waals surface area contributed by atoms with Gasteiger partial charge in [-0.1, -0.05) is 30.3 Å². The number of amides is 1. The van der Waals surface area contributed by atoms with Gasteiger partial charge in [0.1, 0.15) is 5.75 Å². The van der Waals surface area contributed by atoms with E-state index in [-0.39, 0.29) is 11.9 Å². The van der Waals surface area contributed by atoms with E-state index in [9.17, 15) is 4.79 Å². The number of carbonyl (C=O) groups excluding carboxylic acids is 1. The van der Waals surface area contributed by atoms with Crippen molar-refractivity contribution in [2.75, 3.05) is 27.2 Å². The summed E-state index contributed by atoms with van der Waals surface area (Å²) in [4.78, 5) is 14.6. The quantitative estimate of drug-likeness (QED) is 0.802. The minimum Gasteiger partial charge on any atom is -0.494 e. The first-order valence-electron chi connectivity index (χ1n) is 8.73. The molecule has 0 saturated carbocycles. The average Bonchev–Trinajstić information content (AvgIpc) is 2.60. The molecular formula is C21H28N2O2. The molecule has 1 atom stereocenters. The van der Waals surface area contributed by atoms with E-state index in [1.165, 1.54) is 5.56 Å². The van der Waals surface area contributed by atoms with Gasteiger partial charge >= 0.3 is 0 Å². The molecule has 2 rings (SSSR count). The molecule has 1 N–H and O–H groups in total. The van der Waals surface area contributed by atoms with Crippen LogP contribution in [0.2, 0.25) is 0 Å². The van der Waals surface area contributed by atoms with Gasteiger partial charge in [-0.05, 0) is 63.7 Å². The lowest BCUT2D eigenvalue weighted by atomic mass is 10.0. The second-order valence-electron chi connectivity index (χ2n) is 6.43. The Labute approximate surface area is 150 Å². The molecule has 2 aromatic rings. The lowest BCUT2D eigenvalue weighted by molar-refractivity contribution is 0.0941. The van der Waals surface area contributed by atoms with Crippen molar-refractivity contribution in [2.24, 2.45) is 0 Å². The van der Waals surface area contributed by atoms with Crippen molar-refractivity contribution in [2.45, 2.75) is 26.3 Å². The zero-order valence-electron chi connectivity index (χ0n) is 15.6. The van der Waals surface area contributed by atoms with E-state index >= 15 is 0 Å². The van der Waals surface area contributed by atoms with E-state index in [0.717, 1.165) is 17.7 Å². The highest BCUT2D eigenvalue weighted by atomic mass is 16.5. The van der Waals surface area contributed by atoms with Crippen LogP contribution in [0.5, 0.6) is 5.75 Å². The number of benzene rings is 2. The van der Waals surface area contributed by atoms with Crippen LogP contribution in [0.1, 0.15) is 28.4 Å². The van der Waals surface area contributed by atoms with E-state index in [1.54, 1.807) is 0 Å². The maximum absolute atomic E-state index is 12.5. The van der Waals surface area contributed by atoms with Crippen molar-refractivity contribution in [1.82, 2.24) is 10.2 Å². The summed E-state index contributed by atoms with van der Waals surface area (Å²) in [6.45, 7) is 5.14. The Balaban J connectivity index is 1.97. The molecule has 25 heavy (non-hydrogen) atoms. The number of hydrogen-bond acceptors (Lipinski definition) is 3. The van der Waals surface area contributed by atoms with E-state index < -0.39 is 0 Å². The monoisotopic (exact) mass is 340 g/mol. The van der Waals surface area contributed by atoms with Crippen molar-refractivity contribution in [3.63, 3.8) is 0 Å². The summed E-state index contributed by atoms with van der Waals surface area (Å²) < 4.78 is 5.53. The van der Waals surface area contributed by atoms with Crippen LogP contribution in [0.15, 0.2) is 48.5 Å². The molecule has 0 bridgehead atoms. The number of rotatable bonds is 8. The molecule has 0 aliphatic heterocycles. The molecule has 1 unspecified atom stereocenters. The minimum atomic E-state index is -0.0499. The first-order valence-corrected chi connectivity index (χ1v) is 8.73. The lowest BCUT2D eigenvalue weighted by Gasteiger charge is -2.25. The van der Waals surface area contributed by atoms with Crippen LogP contribution in [0.3, 0.4) is 0 Å². The van der Waals surface area contributed by atoms with Crippen LogP contribution >= 0.6 is 0 Å². The van der Waals surface area contributed by atoms with Gasteiger partial charge in [0.2, 0.25) is 0 Å². The molecule has 0 aliphatic rings. The van der Waals surface area contributed by atoms with Crippen LogP contribution in [-0.4, -0.2) is 44.1 Å². The number of aryl methyl sites for hydroxylation is 1. The van der Waals surface area contributed by atoms with Crippen LogP contribution in [0.4, 0.5) is 0 Å². The summed E-state index contributed by atoms with van der Waals surface area (Å²) in [6, 6.07) is 16.1. The molecule has 0 spiro atoms. The standard InChI is InChI=1S/C21H28N2O2/c1-5-25-20-12-11-18(13-16(20)2)21(24)22-15-19(23(3)4)14-17-9-7-6-8-10-17/h6-13,19H,5,14-15H2,1-4H3,(H,22,24). The van der Waals surface area contributed by atoms with Gasteiger partial charge in [0, 0.05) is 18.2 Å². The Morgan fingerprint density at radius 1 is 1.16 bits per heavy atom. The van der Waals surface area contributed by atoms with Gasteiger partial charge < -0.3 is 15.0 Å². The maximum atomic E-state index is 12.5. The molecule has 134 valence electrons. The third-order valence-electron chi connectivity index (χ3n) is 4.28. The number of nitrogens with zero attached hydrogens (tertiary/aromatic N) is 1. The van der Waals surface area contributed by atoms with Gasteiger partial charge in [-0.15, -0.1) is 0 Å². The fourth-order valence-corrected chi connectivity index (χ4v) is 2.74. The van der Waals surface area contributed by atoms with E-state index in [0.29, 0.717) is 18.7 Å². The van der Waals surface area contributed by atoms with Crippen molar-refractivity contribution >= 4 is 5.91 Å². The molecule has 0 aromatic heterocycles. The number of likely N-dealkylation sites (N-methyl/N-ethyl adjacent to an activating group) is 1. The lowest BCUT2D eigenvalue weighted by Crippen LogP contribution is -2.41. The van der Waals surface area contributed by atoms with Crippen molar-refractivity contribution in [3.8, 4) is 5.75 Å². The number of ether oxygens (including phenoxy) is 1. The van der Waals surface area contributed by atoms with Crippen molar-refractivity contribution in [3.05, 3.63) is 65.2 Å². The first-order chi connectivity index (χ1) is 12.0. The summed E-state index contributed by atoms with van der Waals surface area (Å²) in [5, 5.41) is 3.06. The number of hydrogen-bond donors (Lipinski definition) is 1. The minimum absolute atomic E-state index is 0.0499. The third kappa shape index (κ3) is 5.61. The Bertz CT molecular complexity index is 684. The van der Waals surface area contributed by atoms with Gasteiger partial charge in [-0.25, -0.2) is 0 Å². The van der Waals surface area contributed by atoms with Crippen LogP contribution in [-0.2, 0) is 6.42 Å². The highest BCUT2D eigenvalue weighted by molar-refractivity contribution is 5.94. The third-order valence-corrected chi connectivity index (χ3v) is 4.28. The molecule has 2 aromatic carbocycles. The smallest absolute Gasteiger partial charge is 0.251 e. The largest absolute Gasteiger partial charge is 0.494 e. The topological polar surface area (TPSA) is 41.6 Å². The second-order valence-corrected chi connectivity index (χ2v) is 6.43. The molecule has 0 radical (unpaired) electrons. The summed E-state index contributed by atoms with van der Waals surface area (Å²) in [6.07, 6.45) is 0.899. The van der Waals surface area contributed by atoms with Gasteiger partial charge in [0.25, 0.3) is 5.91 Å². The molecule has 0 heterocycles. The normalized spacial score (nSPS) is 12.0. The predicted molar refractivity (Wildman–Crippen MR) is 102 cm³/mol. The molecule has 0 saturated heterocycles. The highest BCUT2D eigenvalue weighted by Gasteiger charge is 2.15. The van der Waals surface area contributed by atoms with Gasteiger partial charge in [0.05, 0.1) is 6.61 Å². The summed E-state index contributed by atoms with van der Waals surface area (Å²) >= 11 is 0. The predicted octanol–water partition coefficient (Wildman–Crippen LogP) is 3.30. The first kappa shape index (κ1) is 19.0. The molecule has 0 fully saturated rings. The van der Waals surface area contributed by atoms with Gasteiger partial charge in [0.15, 0.2) is 0 Å². The van der Waals surface area contributed by atoms with Gasteiger partial charge in [-0.2, -0.15) is 0 Å². The summed E-state index contributed by atoms with van der Waals surface area (Å²) in [5.74, 6) is 0.778. The van der Waals surface area contributed by atoms with E-state index in [4.69, 9.17) is 4.74 Å². The molecule has 0 aliphatic carbocycles. The number of carbonyl (C=O) groups is 1. The van der Waals surface area contributed by atoms with Crippen LogP contribution in [0.25, 0.3) is 0 Å². The van der Waals surface area contributed by atoms with Gasteiger partial charge in [-0.3, -0.25) is 4.79 Å². The van der Waals surface area contributed by atoms with E-state index in [2.05, 4.69) is 22.3 Å². The Morgan fingerprint density at radius 2 is 1.88 bits per heavy atom. The van der Waals surface area contributed by atoms with E-state index in [1.807, 2.05) is 64.3 Å². The zero-order valence-corrected chi connectivity index (χ0v) is 15.6.